The molecule has 88 valence electrons. The Morgan fingerprint density at radius 2 is 2.40 bits per heavy atom. The number of carbonyl (C=O) groups is 1. The average molecular weight is 216 g/mol. The molecule has 0 radical (unpaired) electrons. The smallest absolute Gasteiger partial charge is 0.323 e. The van der Waals surface area contributed by atoms with Crippen LogP contribution >= 0.6 is 0 Å². The Bertz CT molecular complexity index is 235. The van der Waals surface area contributed by atoms with Crippen molar-refractivity contribution in [3.05, 3.63) is 0 Å². The summed E-state index contributed by atoms with van der Waals surface area (Å²) in [6.07, 6.45) is 1.94. The van der Waals surface area contributed by atoms with Gasteiger partial charge >= 0.3 is 5.97 Å². The Morgan fingerprint density at radius 1 is 1.73 bits per heavy atom. The predicted octanol–water partition coefficient (Wildman–Crippen LogP) is -0.101. The van der Waals surface area contributed by atoms with Crippen LogP contribution in [0.1, 0.15) is 19.3 Å². The molecule has 1 aliphatic carbocycles. The molecular formula is C10H20N2O3. The van der Waals surface area contributed by atoms with Crippen molar-refractivity contribution in [2.75, 3.05) is 27.3 Å². The largest absolute Gasteiger partial charge is 0.480 e. The minimum absolute atomic E-state index is 0.265. The fourth-order valence-electron chi connectivity index (χ4n) is 2.04. The number of methoxy groups -OCH3 is 1. The first-order valence-electron chi connectivity index (χ1n) is 5.21. The van der Waals surface area contributed by atoms with Gasteiger partial charge < -0.3 is 20.5 Å². The fourth-order valence-corrected chi connectivity index (χ4v) is 2.04. The normalized spacial score (nSPS) is 31.1. The van der Waals surface area contributed by atoms with E-state index in [1.807, 2.05) is 7.05 Å². The molecule has 3 N–H and O–H groups in total. The van der Waals surface area contributed by atoms with Crippen LogP contribution in [0.2, 0.25) is 0 Å². The van der Waals surface area contributed by atoms with E-state index in [4.69, 9.17) is 15.6 Å². The van der Waals surface area contributed by atoms with E-state index in [0.29, 0.717) is 19.4 Å². The number of hydrogen-bond acceptors (Lipinski definition) is 4. The van der Waals surface area contributed by atoms with Crippen molar-refractivity contribution in [1.82, 2.24) is 4.90 Å². The molecule has 2 unspecified atom stereocenters. The molecule has 2 atom stereocenters. The number of carboxylic acids is 1. The molecule has 1 aliphatic rings. The van der Waals surface area contributed by atoms with Crippen LogP contribution in [0, 0.1) is 0 Å². The molecule has 5 nitrogen and oxygen atoms in total. The molecule has 0 amide bonds. The molecule has 0 aromatic carbocycles. The number of nitrogens with zero attached hydrogens (tertiary/aromatic N) is 1. The summed E-state index contributed by atoms with van der Waals surface area (Å²) in [5.74, 6) is -0.884. The third-order valence-electron chi connectivity index (χ3n) is 3.22. The molecule has 0 aromatic heterocycles. The second-order valence-corrected chi connectivity index (χ2v) is 4.33. The Hall–Kier alpha value is -0.650. The number of hydrogen-bond donors (Lipinski definition) is 2. The van der Waals surface area contributed by atoms with Gasteiger partial charge in [0, 0.05) is 19.7 Å². The Balaban J connectivity index is 2.45. The van der Waals surface area contributed by atoms with Gasteiger partial charge in [-0.05, 0) is 26.3 Å². The number of likely N-dealkylation sites (N-methyl/N-ethyl adjacent to an activating group) is 1. The molecule has 5 heteroatoms. The maximum absolute atomic E-state index is 10.9. The third kappa shape index (κ3) is 2.90. The summed E-state index contributed by atoms with van der Waals surface area (Å²) in [6, 6.07) is 0.265. The zero-order chi connectivity index (χ0) is 11.5. The maximum atomic E-state index is 10.9. The van der Waals surface area contributed by atoms with Crippen LogP contribution in [0.5, 0.6) is 0 Å². The highest BCUT2D eigenvalue weighted by Crippen LogP contribution is 2.30. The van der Waals surface area contributed by atoms with Crippen LogP contribution in [0.4, 0.5) is 0 Å². The van der Waals surface area contributed by atoms with Gasteiger partial charge in [-0.2, -0.15) is 0 Å². The van der Waals surface area contributed by atoms with Crippen LogP contribution in [0.25, 0.3) is 0 Å². The van der Waals surface area contributed by atoms with Crippen LogP contribution in [0.3, 0.4) is 0 Å². The van der Waals surface area contributed by atoms with Crippen molar-refractivity contribution in [2.45, 2.75) is 30.8 Å². The van der Waals surface area contributed by atoms with Crippen molar-refractivity contribution in [2.24, 2.45) is 5.73 Å². The van der Waals surface area contributed by atoms with E-state index in [1.165, 1.54) is 0 Å². The maximum Gasteiger partial charge on any atom is 0.323 e. The van der Waals surface area contributed by atoms with Crippen molar-refractivity contribution in [3.63, 3.8) is 0 Å². The van der Waals surface area contributed by atoms with E-state index >= 15 is 0 Å². The quantitative estimate of drug-likeness (QED) is 0.671. The van der Waals surface area contributed by atoms with Crippen molar-refractivity contribution in [3.8, 4) is 0 Å². The zero-order valence-corrected chi connectivity index (χ0v) is 9.40. The minimum Gasteiger partial charge on any atom is -0.480 e. The van der Waals surface area contributed by atoms with Crippen LogP contribution in [-0.4, -0.2) is 54.9 Å². The summed E-state index contributed by atoms with van der Waals surface area (Å²) in [5, 5.41) is 8.98. The highest BCUT2D eigenvalue weighted by atomic mass is 16.5. The van der Waals surface area contributed by atoms with E-state index in [1.54, 1.807) is 7.11 Å². The summed E-state index contributed by atoms with van der Waals surface area (Å²) in [4.78, 5) is 13.1. The molecule has 0 saturated heterocycles. The lowest BCUT2D eigenvalue weighted by Gasteiger charge is -2.25. The summed E-state index contributed by atoms with van der Waals surface area (Å²) < 4.78 is 4.98. The van der Waals surface area contributed by atoms with Crippen molar-refractivity contribution >= 4 is 5.97 Å². The number of rotatable bonds is 5. The molecule has 0 aliphatic heterocycles. The van der Waals surface area contributed by atoms with Crippen LogP contribution < -0.4 is 5.73 Å². The standard InChI is InChI=1S/C10H20N2O3/c1-12(5-6-15-2)8-3-4-10(11,7-8)9(13)14/h8H,3-7,11H2,1-2H3,(H,13,14). The second-order valence-electron chi connectivity index (χ2n) is 4.33. The first kappa shape index (κ1) is 12.4. The molecule has 0 spiro atoms. The SMILES string of the molecule is COCCN(C)C1CCC(N)(C(=O)O)C1. The Kier molecular flexibility index (Phi) is 4.07. The van der Waals surface area contributed by atoms with Gasteiger partial charge in [0.2, 0.25) is 0 Å². The molecule has 0 aromatic rings. The Morgan fingerprint density at radius 3 is 2.87 bits per heavy atom. The minimum atomic E-state index is -1.02. The van der Waals surface area contributed by atoms with Gasteiger partial charge in [-0.3, -0.25) is 4.79 Å². The summed E-state index contributed by atoms with van der Waals surface area (Å²) >= 11 is 0. The summed E-state index contributed by atoms with van der Waals surface area (Å²) in [5.41, 5.74) is 4.78. The van der Waals surface area contributed by atoms with Crippen molar-refractivity contribution < 1.29 is 14.6 Å². The average Bonchev–Trinajstić information content (AvgIpc) is 2.59. The lowest BCUT2D eigenvalue weighted by atomic mass is 9.99. The second kappa shape index (κ2) is 4.92. The topological polar surface area (TPSA) is 75.8 Å². The van der Waals surface area contributed by atoms with Crippen molar-refractivity contribution in [1.29, 1.82) is 0 Å². The van der Waals surface area contributed by atoms with Crippen LogP contribution in [0.15, 0.2) is 0 Å². The van der Waals surface area contributed by atoms with Gasteiger partial charge in [-0.1, -0.05) is 0 Å². The fraction of sp³-hybridized carbons (Fsp3) is 0.900. The van der Waals surface area contributed by atoms with Gasteiger partial charge in [0.15, 0.2) is 0 Å². The zero-order valence-electron chi connectivity index (χ0n) is 9.40. The summed E-state index contributed by atoms with van der Waals surface area (Å²) in [7, 11) is 3.64. The van der Waals surface area contributed by atoms with Gasteiger partial charge in [0.25, 0.3) is 0 Å². The predicted molar refractivity (Wildman–Crippen MR) is 56.7 cm³/mol. The molecule has 1 saturated carbocycles. The lowest BCUT2D eigenvalue weighted by Crippen LogP contribution is -2.47. The first-order valence-corrected chi connectivity index (χ1v) is 5.21. The third-order valence-corrected chi connectivity index (χ3v) is 3.22. The molecule has 0 bridgehead atoms. The Labute approximate surface area is 90.2 Å². The molecule has 15 heavy (non-hydrogen) atoms. The van der Waals surface area contributed by atoms with Gasteiger partial charge in [0.05, 0.1) is 6.61 Å². The summed E-state index contributed by atoms with van der Waals surface area (Å²) in [6.45, 7) is 1.48. The molecular weight excluding hydrogens is 196 g/mol. The molecule has 1 rings (SSSR count). The van der Waals surface area contributed by atoms with E-state index in [2.05, 4.69) is 4.90 Å². The van der Waals surface area contributed by atoms with E-state index < -0.39 is 11.5 Å². The van der Waals surface area contributed by atoms with Gasteiger partial charge in [0.1, 0.15) is 5.54 Å². The van der Waals surface area contributed by atoms with Gasteiger partial charge in [-0.25, -0.2) is 0 Å². The molecule has 1 fully saturated rings. The van der Waals surface area contributed by atoms with E-state index in [0.717, 1.165) is 13.0 Å². The number of aliphatic carboxylic acids is 1. The van der Waals surface area contributed by atoms with E-state index in [-0.39, 0.29) is 6.04 Å². The van der Waals surface area contributed by atoms with Crippen LogP contribution in [-0.2, 0) is 9.53 Å². The number of ether oxygens (including phenoxy) is 1. The highest BCUT2D eigenvalue weighted by molar-refractivity contribution is 5.79. The number of nitrogens with two attached hydrogens (primary N) is 1. The van der Waals surface area contributed by atoms with Gasteiger partial charge in [-0.15, -0.1) is 0 Å². The number of carboxylic acid groups (broad SMARTS) is 1. The first-order chi connectivity index (χ1) is 6.99. The molecule has 0 heterocycles. The monoisotopic (exact) mass is 216 g/mol. The van der Waals surface area contributed by atoms with E-state index in [9.17, 15) is 4.79 Å². The lowest BCUT2D eigenvalue weighted by molar-refractivity contribution is -0.143. The highest BCUT2D eigenvalue weighted by Gasteiger charge is 2.43.